The van der Waals surface area contributed by atoms with Gasteiger partial charge in [-0.25, -0.2) is 4.99 Å². The number of aliphatic imine (C=N–C) groups is 1. The van der Waals surface area contributed by atoms with Gasteiger partial charge in [-0.15, -0.1) is 0 Å². The van der Waals surface area contributed by atoms with Crippen LogP contribution < -0.4 is 0 Å². The second kappa shape index (κ2) is 4.99. The molecule has 1 atom stereocenters. The van der Waals surface area contributed by atoms with Gasteiger partial charge in [0, 0.05) is 0 Å². The van der Waals surface area contributed by atoms with Crippen molar-refractivity contribution < 1.29 is 9.90 Å². The van der Waals surface area contributed by atoms with Crippen molar-refractivity contribution in [3.8, 4) is 0 Å². The Balaban J connectivity index is 4.10. The standard InChI is InChI=1S/C7H11NO2S/c1-5(2)6(8-4-11)3-7(9)10/h5-6H,3H2,1-2H3,(H,9,10). The third-order valence-corrected chi connectivity index (χ3v) is 1.48. The van der Waals surface area contributed by atoms with Crippen molar-refractivity contribution in [3.05, 3.63) is 0 Å². The van der Waals surface area contributed by atoms with E-state index in [9.17, 15) is 4.79 Å². The van der Waals surface area contributed by atoms with Crippen LogP contribution in [0.1, 0.15) is 20.3 Å². The molecule has 0 fully saturated rings. The fourth-order valence-corrected chi connectivity index (χ4v) is 0.812. The second-order valence-electron chi connectivity index (χ2n) is 2.63. The molecular formula is C7H11NO2S. The maximum Gasteiger partial charge on any atom is 0.305 e. The summed E-state index contributed by atoms with van der Waals surface area (Å²) in [6.45, 7) is 3.81. The van der Waals surface area contributed by atoms with E-state index in [1.807, 2.05) is 13.8 Å². The molecule has 0 amide bonds. The highest BCUT2D eigenvalue weighted by atomic mass is 32.1. The molecule has 0 aliphatic rings. The minimum Gasteiger partial charge on any atom is -0.481 e. The molecule has 0 radical (unpaired) electrons. The summed E-state index contributed by atoms with van der Waals surface area (Å²) in [5.74, 6) is -0.653. The number of carboxylic acids is 1. The van der Waals surface area contributed by atoms with Crippen LogP contribution in [-0.4, -0.2) is 22.3 Å². The molecule has 3 nitrogen and oxygen atoms in total. The van der Waals surface area contributed by atoms with Crippen LogP contribution in [0.15, 0.2) is 4.99 Å². The highest BCUT2D eigenvalue weighted by Crippen LogP contribution is 2.09. The number of hydrogen-bond donors (Lipinski definition) is 1. The molecule has 4 heteroatoms. The number of aliphatic carboxylic acids is 1. The summed E-state index contributed by atoms with van der Waals surface area (Å²) >= 11 is 4.39. The van der Waals surface area contributed by atoms with Crippen LogP contribution in [0.5, 0.6) is 0 Å². The smallest absolute Gasteiger partial charge is 0.305 e. The van der Waals surface area contributed by atoms with Gasteiger partial charge in [0.15, 0.2) is 0 Å². The average molecular weight is 173 g/mol. The van der Waals surface area contributed by atoms with Crippen LogP contribution in [-0.2, 0) is 4.79 Å². The molecule has 0 rings (SSSR count). The van der Waals surface area contributed by atoms with E-state index < -0.39 is 5.97 Å². The van der Waals surface area contributed by atoms with Crippen LogP contribution in [0.3, 0.4) is 0 Å². The second-order valence-corrected chi connectivity index (χ2v) is 2.81. The number of carbonyl (C=O) groups is 1. The summed E-state index contributed by atoms with van der Waals surface area (Å²) in [6, 6.07) is -0.231. The highest BCUT2D eigenvalue weighted by Gasteiger charge is 2.14. The lowest BCUT2D eigenvalue weighted by atomic mass is 10.0. The first-order chi connectivity index (χ1) is 5.07. The van der Waals surface area contributed by atoms with Gasteiger partial charge in [-0.05, 0) is 18.1 Å². The summed E-state index contributed by atoms with van der Waals surface area (Å²) < 4.78 is 0. The number of thiocarbonyl (C=S) groups is 1. The molecule has 1 N–H and O–H groups in total. The Bertz CT molecular complexity index is 185. The van der Waals surface area contributed by atoms with E-state index in [0.717, 1.165) is 0 Å². The summed E-state index contributed by atoms with van der Waals surface area (Å²) in [5.41, 5.74) is 0. The zero-order valence-corrected chi connectivity index (χ0v) is 7.39. The molecule has 0 saturated heterocycles. The van der Waals surface area contributed by atoms with Gasteiger partial charge >= 0.3 is 5.97 Å². The van der Waals surface area contributed by atoms with Crippen LogP contribution >= 0.6 is 12.2 Å². The topological polar surface area (TPSA) is 49.7 Å². The van der Waals surface area contributed by atoms with Crippen molar-refractivity contribution in [2.45, 2.75) is 26.3 Å². The Morgan fingerprint density at radius 1 is 1.73 bits per heavy atom. The number of hydrogen-bond acceptors (Lipinski definition) is 3. The third-order valence-electron chi connectivity index (χ3n) is 1.37. The molecule has 0 aliphatic heterocycles. The van der Waals surface area contributed by atoms with Crippen LogP contribution in [0.2, 0.25) is 0 Å². The lowest BCUT2D eigenvalue weighted by Crippen LogP contribution is -2.17. The Kier molecular flexibility index (Phi) is 4.66. The van der Waals surface area contributed by atoms with Crippen molar-refractivity contribution in [1.29, 1.82) is 0 Å². The normalized spacial score (nSPS) is 12.3. The third kappa shape index (κ3) is 4.65. The summed E-state index contributed by atoms with van der Waals surface area (Å²) in [7, 11) is 0. The van der Waals surface area contributed by atoms with Crippen molar-refractivity contribution in [2.24, 2.45) is 10.9 Å². The average Bonchev–Trinajstić information content (AvgIpc) is 1.86. The van der Waals surface area contributed by atoms with Crippen molar-refractivity contribution in [1.82, 2.24) is 0 Å². The maximum absolute atomic E-state index is 10.3. The molecule has 11 heavy (non-hydrogen) atoms. The Labute approximate surface area is 71.1 Å². The molecule has 0 aromatic rings. The predicted molar refractivity (Wildman–Crippen MR) is 45.9 cm³/mol. The summed E-state index contributed by atoms with van der Waals surface area (Å²) in [6.07, 6.45) is 0.0291. The van der Waals surface area contributed by atoms with Gasteiger partial charge in [-0.1, -0.05) is 13.8 Å². The molecule has 62 valence electrons. The first-order valence-electron chi connectivity index (χ1n) is 3.36. The zero-order chi connectivity index (χ0) is 8.85. The molecule has 0 aromatic heterocycles. The minimum absolute atomic E-state index is 0.0291. The molecule has 0 aromatic carbocycles. The molecule has 0 aliphatic carbocycles. The molecule has 0 saturated carbocycles. The zero-order valence-electron chi connectivity index (χ0n) is 6.57. The number of carboxylic acid groups (broad SMARTS) is 1. The number of isothiocyanates is 1. The minimum atomic E-state index is -0.849. The molecule has 0 spiro atoms. The number of nitrogens with zero attached hydrogens (tertiary/aromatic N) is 1. The van der Waals surface area contributed by atoms with E-state index in [0.29, 0.717) is 0 Å². The quantitative estimate of drug-likeness (QED) is 0.518. The van der Waals surface area contributed by atoms with Crippen molar-refractivity contribution >= 4 is 23.3 Å². The first kappa shape index (κ1) is 10.3. The van der Waals surface area contributed by atoms with E-state index in [1.165, 1.54) is 0 Å². The van der Waals surface area contributed by atoms with Gasteiger partial charge in [-0.2, -0.15) is 0 Å². The molecule has 1 unspecified atom stereocenters. The van der Waals surface area contributed by atoms with Gasteiger partial charge < -0.3 is 5.11 Å². The first-order valence-corrected chi connectivity index (χ1v) is 3.77. The molecule has 0 heterocycles. The van der Waals surface area contributed by atoms with E-state index >= 15 is 0 Å². The van der Waals surface area contributed by atoms with E-state index in [1.54, 1.807) is 0 Å². The maximum atomic E-state index is 10.3. The monoisotopic (exact) mass is 173 g/mol. The van der Waals surface area contributed by atoms with Gasteiger partial charge in [0.05, 0.1) is 17.6 Å². The highest BCUT2D eigenvalue weighted by molar-refractivity contribution is 7.78. The van der Waals surface area contributed by atoms with Crippen LogP contribution in [0, 0.1) is 5.92 Å². The van der Waals surface area contributed by atoms with Gasteiger partial charge in [0.1, 0.15) is 0 Å². The fourth-order valence-electron chi connectivity index (χ4n) is 0.677. The fraction of sp³-hybridized carbons (Fsp3) is 0.714. The largest absolute Gasteiger partial charge is 0.481 e. The van der Waals surface area contributed by atoms with Crippen LogP contribution in [0.25, 0.3) is 0 Å². The lowest BCUT2D eigenvalue weighted by Gasteiger charge is -2.11. The van der Waals surface area contributed by atoms with Gasteiger partial charge in [0.25, 0.3) is 0 Å². The Morgan fingerprint density at radius 2 is 2.27 bits per heavy atom. The van der Waals surface area contributed by atoms with E-state index in [-0.39, 0.29) is 18.4 Å². The number of rotatable bonds is 4. The summed E-state index contributed by atoms with van der Waals surface area (Å²) in [4.78, 5) is 14.0. The van der Waals surface area contributed by atoms with Crippen LogP contribution in [0.4, 0.5) is 0 Å². The van der Waals surface area contributed by atoms with E-state index in [4.69, 9.17) is 5.11 Å². The Hall–Kier alpha value is -0.730. The Morgan fingerprint density at radius 3 is 2.55 bits per heavy atom. The van der Waals surface area contributed by atoms with Gasteiger partial charge in [-0.3, -0.25) is 4.79 Å². The lowest BCUT2D eigenvalue weighted by molar-refractivity contribution is -0.137. The van der Waals surface area contributed by atoms with Gasteiger partial charge in [0.2, 0.25) is 0 Å². The SMILES string of the molecule is CC(C)C(CC(=O)O)N=C=S. The summed E-state index contributed by atoms with van der Waals surface area (Å²) in [5, 5.41) is 10.6. The van der Waals surface area contributed by atoms with Crippen molar-refractivity contribution in [3.63, 3.8) is 0 Å². The molecule has 0 bridgehead atoms. The predicted octanol–water partition coefficient (Wildman–Crippen LogP) is 1.59. The van der Waals surface area contributed by atoms with Crippen molar-refractivity contribution in [2.75, 3.05) is 0 Å². The molecular weight excluding hydrogens is 162 g/mol. The van der Waals surface area contributed by atoms with E-state index in [2.05, 4.69) is 22.4 Å².